The highest BCUT2D eigenvalue weighted by Gasteiger charge is 2.42. The maximum Gasteiger partial charge on any atom is 0.343 e. The van der Waals surface area contributed by atoms with Crippen molar-refractivity contribution < 1.29 is 24.2 Å². The molecule has 0 unspecified atom stereocenters. The zero-order valence-electron chi connectivity index (χ0n) is 23.3. The Morgan fingerprint density at radius 1 is 1.12 bits per heavy atom. The summed E-state index contributed by atoms with van der Waals surface area (Å²) in [5, 5.41) is 9.78. The number of benzene rings is 1. The smallest absolute Gasteiger partial charge is 0.343 e. The molecule has 1 aromatic carbocycles. The van der Waals surface area contributed by atoms with Gasteiger partial charge in [0.25, 0.3) is 17.5 Å². The van der Waals surface area contributed by atoms with E-state index in [4.69, 9.17) is 16.2 Å². The molecule has 0 saturated carbocycles. The molecule has 0 bridgehead atoms. The molecule has 0 atom stereocenters. The minimum absolute atomic E-state index is 0.0207. The molecule has 206 valence electrons. The first-order valence-electron chi connectivity index (χ1n) is 13.1. The van der Waals surface area contributed by atoms with Gasteiger partial charge in [-0.05, 0) is 66.5 Å². The fourth-order valence-electron chi connectivity index (χ4n) is 5.89. The van der Waals surface area contributed by atoms with Crippen molar-refractivity contribution in [3.05, 3.63) is 92.1 Å². The highest BCUT2D eigenvalue weighted by Crippen LogP contribution is 2.51. The lowest BCUT2D eigenvalue weighted by Crippen LogP contribution is -2.44. The van der Waals surface area contributed by atoms with Crippen LogP contribution in [0.5, 0.6) is 0 Å². The molecule has 9 heteroatoms. The first-order valence-corrected chi connectivity index (χ1v) is 13.1. The molecule has 4 heterocycles. The van der Waals surface area contributed by atoms with Crippen LogP contribution in [0.1, 0.15) is 64.2 Å². The summed E-state index contributed by atoms with van der Waals surface area (Å²) in [4.78, 5) is 48.8. The van der Waals surface area contributed by atoms with E-state index >= 15 is 0 Å². The van der Waals surface area contributed by atoms with Crippen molar-refractivity contribution in [1.29, 1.82) is 0 Å². The number of anilines is 1. The number of rotatable bonds is 4. The molecule has 40 heavy (non-hydrogen) atoms. The first kappa shape index (κ1) is 27.2. The van der Waals surface area contributed by atoms with Crippen molar-refractivity contribution in [3.63, 3.8) is 0 Å². The van der Waals surface area contributed by atoms with Crippen molar-refractivity contribution in [2.75, 3.05) is 18.0 Å². The molecule has 2 amide bonds. The SMILES string of the molecule is [C-]#[N+]C1=C(C)/C(=C/C=C/c2cc3cc4c5c(c3oc2=O)C(C)(C)CCN5CCC4(C)C)C(=O)N(C(=C)OO)C1=O. The summed E-state index contributed by atoms with van der Waals surface area (Å²) in [7, 11) is 0. The zero-order chi connectivity index (χ0) is 29.1. The Balaban J connectivity index is 1.63. The van der Waals surface area contributed by atoms with Gasteiger partial charge in [0.05, 0.1) is 12.1 Å². The van der Waals surface area contributed by atoms with Gasteiger partial charge in [-0.1, -0.05) is 39.8 Å². The van der Waals surface area contributed by atoms with Crippen LogP contribution in [-0.4, -0.2) is 35.1 Å². The summed E-state index contributed by atoms with van der Waals surface area (Å²) in [6, 6.07) is 3.93. The fourth-order valence-corrected chi connectivity index (χ4v) is 5.89. The minimum Gasteiger partial charge on any atom is -0.422 e. The largest absolute Gasteiger partial charge is 0.422 e. The Bertz CT molecular complexity index is 1690. The Morgan fingerprint density at radius 3 is 2.45 bits per heavy atom. The molecule has 3 aliphatic rings. The van der Waals surface area contributed by atoms with Crippen LogP contribution in [0, 0.1) is 6.57 Å². The van der Waals surface area contributed by atoms with Crippen LogP contribution in [0.4, 0.5) is 5.69 Å². The lowest BCUT2D eigenvalue weighted by Gasteiger charge is -2.48. The Morgan fingerprint density at radius 2 is 1.80 bits per heavy atom. The zero-order valence-corrected chi connectivity index (χ0v) is 23.3. The third kappa shape index (κ3) is 4.07. The lowest BCUT2D eigenvalue weighted by atomic mass is 9.69. The van der Waals surface area contributed by atoms with Crippen LogP contribution in [-0.2, 0) is 25.3 Å². The molecule has 3 aliphatic heterocycles. The van der Waals surface area contributed by atoms with Crippen LogP contribution in [0.15, 0.2) is 62.8 Å². The standard InChI is InChI=1S/C31H31N3O6/c1-17-21(27(35)34(18(2)40-38)28(36)24(17)32-7)10-8-9-19-15-20-16-22-25-23(26(20)39-29(19)37)31(5,6)12-14-33(25)13-11-30(22,3)4/h8-10,15-16,38H,2,11-14H2,1,3-6H3/b9-8+,21-10-. The molecule has 1 N–H and O–H groups in total. The van der Waals surface area contributed by atoms with Crippen LogP contribution >= 0.6 is 0 Å². The average Bonchev–Trinajstić information content (AvgIpc) is 2.89. The molecular formula is C31H31N3O6. The minimum atomic E-state index is -0.940. The lowest BCUT2D eigenvalue weighted by molar-refractivity contribution is -0.222. The Kier molecular flexibility index (Phi) is 6.35. The highest BCUT2D eigenvalue weighted by molar-refractivity contribution is 6.18. The van der Waals surface area contributed by atoms with E-state index in [9.17, 15) is 14.4 Å². The molecule has 0 aliphatic carbocycles. The number of allylic oxidation sites excluding steroid dienone is 2. The van der Waals surface area contributed by atoms with Gasteiger partial charge in [-0.25, -0.2) is 19.8 Å². The van der Waals surface area contributed by atoms with E-state index in [0.29, 0.717) is 16.0 Å². The van der Waals surface area contributed by atoms with Gasteiger partial charge in [-0.15, -0.1) is 0 Å². The summed E-state index contributed by atoms with van der Waals surface area (Å²) in [6.45, 7) is 23.0. The number of hydrogen-bond donors (Lipinski definition) is 1. The molecule has 0 fully saturated rings. The first-order chi connectivity index (χ1) is 18.8. The van der Waals surface area contributed by atoms with Gasteiger partial charge in [0.1, 0.15) is 5.58 Å². The third-order valence-corrected chi connectivity index (χ3v) is 8.36. The summed E-state index contributed by atoms with van der Waals surface area (Å²) in [5.74, 6) is -2.38. The van der Waals surface area contributed by atoms with Gasteiger partial charge >= 0.3 is 5.63 Å². The van der Waals surface area contributed by atoms with E-state index in [1.165, 1.54) is 36.4 Å². The summed E-state index contributed by atoms with van der Waals surface area (Å²) in [5.41, 5.74) is 3.59. The predicted octanol–water partition coefficient (Wildman–Crippen LogP) is 5.42. The van der Waals surface area contributed by atoms with Gasteiger partial charge in [0.15, 0.2) is 0 Å². The van der Waals surface area contributed by atoms with Gasteiger partial charge in [0, 0.05) is 35.3 Å². The number of carbonyl (C=O) groups is 2. The van der Waals surface area contributed by atoms with E-state index in [2.05, 4.69) is 55.0 Å². The van der Waals surface area contributed by atoms with E-state index in [1.807, 2.05) is 0 Å². The molecule has 2 aromatic rings. The van der Waals surface area contributed by atoms with Gasteiger partial charge in [-0.2, -0.15) is 0 Å². The van der Waals surface area contributed by atoms with Crippen LogP contribution in [0.25, 0.3) is 21.9 Å². The molecule has 1 aromatic heterocycles. The highest BCUT2D eigenvalue weighted by atomic mass is 17.1. The number of carbonyl (C=O) groups excluding carboxylic acids is 2. The topological polar surface area (TPSA) is 105 Å². The van der Waals surface area contributed by atoms with Crippen molar-refractivity contribution >= 4 is 34.5 Å². The second-order valence-electron chi connectivity index (χ2n) is 11.8. The van der Waals surface area contributed by atoms with Crippen molar-refractivity contribution in [2.45, 2.75) is 58.3 Å². The van der Waals surface area contributed by atoms with Gasteiger partial charge in [0.2, 0.25) is 5.88 Å². The van der Waals surface area contributed by atoms with E-state index in [0.717, 1.165) is 36.9 Å². The van der Waals surface area contributed by atoms with Gasteiger partial charge in [-0.3, -0.25) is 9.59 Å². The molecular weight excluding hydrogens is 510 g/mol. The number of hydrogen-bond acceptors (Lipinski definition) is 7. The van der Waals surface area contributed by atoms with Gasteiger partial charge < -0.3 is 14.2 Å². The van der Waals surface area contributed by atoms with Crippen LogP contribution in [0.2, 0.25) is 0 Å². The molecule has 0 saturated heterocycles. The molecule has 9 nitrogen and oxygen atoms in total. The number of imide groups is 1. The maximum atomic E-state index is 13.2. The predicted molar refractivity (Wildman–Crippen MR) is 151 cm³/mol. The average molecular weight is 542 g/mol. The van der Waals surface area contributed by atoms with E-state index in [1.54, 1.807) is 6.07 Å². The monoisotopic (exact) mass is 541 g/mol. The second kappa shape index (κ2) is 9.35. The van der Waals surface area contributed by atoms with Crippen molar-refractivity contribution in [1.82, 2.24) is 4.90 Å². The molecule has 0 spiro atoms. The third-order valence-electron chi connectivity index (χ3n) is 8.36. The fraction of sp³-hybridized carbons (Fsp3) is 0.355. The Hall–Kier alpha value is -4.42. The summed E-state index contributed by atoms with van der Waals surface area (Å²) in [6.07, 6.45) is 6.41. The Labute approximate surface area is 232 Å². The molecule has 5 rings (SSSR count). The summed E-state index contributed by atoms with van der Waals surface area (Å²) >= 11 is 0. The number of fused-ring (bicyclic) bond motifs is 2. The van der Waals surface area contributed by atoms with E-state index in [-0.39, 0.29) is 27.7 Å². The van der Waals surface area contributed by atoms with Crippen LogP contribution in [0.3, 0.4) is 0 Å². The van der Waals surface area contributed by atoms with Crippen molar-refractivity contribution in [3.8, 4) is 0 Å². The quantitative estimate of drug-likeness (QED) is 0.105. The summed E-state index contributed by atoms with van der Waals surface area (Å²) < 4.78 is 5.98. The van der Waals surface area contributed by atoms with E-state index < -0.39 is 23.3 Å². The second-order valence-corrected chi connectivity index (χ2v) is 11.8. The molecule has 0 radical (unpaired) electrons. The number of amides is 2. The van der Waals surface area contributed by atoms with Crippen LogP contribution < -0.4 is 10.5 Å². The van der Waals surface area contributed by atoms with Crippen molar-refractivity contribution in [2.24, 2.45) is 0 Å². The maximum absolute atomic E-state index is 13.2. The number of nitrogens with zero attached hydrogens (tertiary/aromatic N) is 3. The normalized spacial score (nSPS) is 20.8.